The molecule has 1 aliphatic heterocycles. The number of aromatic nitrogens is 1. The minimum Gasteiger partial charge on any atom is -0.496 e. The van der Waals surface area contributed by atoms with Gasteiger partial charge in [0, 0.05) is 30.9 Å². The number of rotatable bonds is 5. The van der Waals surface area contributed by atoms with Crippen LogP contribution in [0.25, 0.3) is 33.6 Å². The van der Waals surface area contributed by atoms with Gasteiger partial charge < -0.3 is 19.2 Å². The van der Waals surface area contributed by atoms with Crippen molar-refractivity contribution in [1.29, 1.82) is 5.26 Å². The second-order valence-electron chi connectivity index (χ2n) is 8.08. The Kier molecular flexibility index (Phi) is 5.38. The largest absolute Gasteiger partial charge is 0.496 e. The summed E-state index contributed by atoms with van der Waals surface area (Å²) in [6.07, 6.45) is 1.24. The minimum atomic E-state index is -1.05. The van der Waals surface area contributed by atoms with E-state index in [2.05, 4.69) is 11.1 Å². The van der Waals surface area contributed by atoms with E-state index in [9.17, 15) is 19.6 Å². The van der Waals surface area contributed by atoms with Crippen molar-refractivity contribution in [2.24, 2.45) is 0 Å². The topological polar surface area (TPSA) is 99.6 Å². The number of methoxy groups -OCH3 is 1. The van der Waals surface area contributed by atoms with Gasteiger partial charge in [-0.3, -0.25) is 4.98 Å². The molecule has 4 aromatic rings. The van der Waals surface area contributed by atoms with Gasteiger partial charge in [0.05, 0.1) is 29.5 Å². The molecule has 2 aromatic heterocycles. The van der Waals surface area contributed by atoms with E-state index in [1.807, 2.05) is 23.1 Å². The maximum absolute atomic E-state index is 13.7. The number of anilines is 1. The third-order valence-electron chi connectivity index (χ3n) is 6.03. The first-order chi connectivity index (χ1) is 16.5. The number of fused-ring (bicyclic) bond motifs is 1. The van der Waals surface area contributed by atoms with Crippen molar-refractivity contribution in [3.63, 3.8) is 0 Å². The van der Waals surface area contributed by atoms with Crippen molar-refractivity contribution in [3.05, 3.63) is 65.9 Å². The highest BCUT2D eigenvalue weighted by molar-refractivity contribution is 5.94. The number of carboxylic acid groups (broad SMARTS) is 1. The van der Waals surface area contributed by atoms with Crippen LogP contribution in [0.4, 0.5) is 10.1 Å². The van der Waals surface area contributed by atoms with E-state index in [0.29, 0.717) is 46.7 Å². The first-order valence-corrected chi connectivity index (χ1v) is 10.7. The Balaban J connectivity index is 1.58. The Bertz CT molecular complexity index is 1460. The quantitative estimate of drug-likeness (QED) is 0.435. The molecule has 0 amide bonds. The smallest absolute Gasteiger partial charge is 0.335 e. The Morgan fingerprint density at radius 3 is 2.79 bits per heavy atom. The molecule has 170 valence electrons. The van der Waals surface area contributed by atoms with Gasteiger partial charge in [-0.15, -0.1) is 0 Å². The maximum Gasteiger partial charge on any atom is 0.335 e. The lowest BCUT2D eigenvalue weighted by Crippen LogP contribution is -2.20. The number of pyridine rings is 1. The molecule has 34 heavy (non-hydrogen) atoms. The van der Waals surface area contributed by atoms with Gasteiger partial charge in [0.1, 0.15) is 29.3 Å². The summed E-state index contributed by atoms with van der Waals surface area (Å²) in [5.74, 6) is -0.202. The molecule has 5 rings (SSSR count). The molecule has 0 bridgehead atoms. The molecule has 0 spiro atoms. The molecular formula is C26H20FN3O4. The lowest BCUT2D eigenvalue weighted by Gasteiger charge is -2.19. The average Bonchev–Trinajstić information content (AvgIpc) is 3.49. The second-order valence-corrected chi connectivity index (χ2v) is 8.08. The summed E-state index contributed by atoms with van der Waals surface area (Å²) >= 11 is 0. The molecule has 0 radical (unpaired) electrons. The van der Waals surface area contributed by atoms with Gasteiger partial charge in [-0.05, 0) is 48.4 Å². The van der Waals surface area contributed by atoms with Crippen molar-refractivity contribution >= 4 is 22.8 Å². The summed E-state index contributed by atoms with van der Waals surface area (Å²) in [6.45, 7) is 0.871. The van der Waals surface area contributed by atoms with Crippen LogP contribution < -0.4 is 9.64 Å². The van der Waals surface area contributed by atoms with Gasteiger partial charge in [-0.25, -0.2) is 9.18 Å². The summed E-state index contributed by atoms with van der Waals surface area (Å²) < 4.78 is 25.2. The molecule has 0 unspecified atom stereocenters. The van der Waals surface area contributed by atoms with Crippen LogP contribution in [0.1, 0.15) is 22.3 Å². The number of carboxylic acids is 1. The average molecular weight is 457 g/mol. The third kappa shape index (κ3) is 3.71. The summed E-state index contributed by atoms with van der Waals surface area (Å²) in [4.78, 5) is 17.6. The van der Waals surface area contributed by atoms with E-state index in [-0.39, 0.29) is 12.1 Å². The minimum absolute atomic E-state index is 0.108. The molecule has 3 heterocycles. The van der Waals surface area contributed by atoms with Crippen LogP contribution in [0, 0.1) is 11.3 Å². The molecule has 0 saturated carbocycles. The number of furan rings is 1. The lowest BCUT2D eigenvalue weighted by molar-refractivity contribution is 0.0696. The van der Waals surface area contributed by atoms with Crippen molar-refractivity contribution < 1.29 is 23.4 Å². The van der Waals surface area contributed by atoms with E-state index in [0.717, 1.165) is 16.8 Å². The first-order valence-electron chi connectivity index (χ1n) is 10.7. The SMILES string of the molecule is COc1cc(C(=O)O)ccc1-c1cc2nccc(-c3ccc(N4CC[C@H](F)C4)c(C#N)c3)c2o1. The number of aromatic carboxylic acids is 1. The molecule has 1 N–H and O–H groups in total. The molecule has 1 saturated heterocycles. The van der Waals surface area contributed by atoms with Crippen LogP contribution in [0.3, 0.4) is 0 Å². The second kappa shape index (κ2) is 8.52. The molecule has 1 aliphatic rings. The van der Waals surface area contributed by atoms with Crippen molar-refractivity contribution in [1.82, 2.24) is 4.98 Å². The van der Waals surface area contributed by atoms with E-state index in [1.54, 1.807) is 24.4 Å². The summed E-state index contributed by atoms with van der Waals surface area (Å²) in [6, 6.07) is 15.9. The Morgan fingerprint density at radius 1 is 1.24 bits per heavy atom. The molecule has 7 nitrogen and oxygen atoms in total. The number of ether oxygens (including phenoxy) is 1. The van der Waals surface area contributed by atoms with Crippen LogP contribution in [-0.4, -0.2) is 42.4 Å². The van der Waals surface area contributed by atoms with E-state index in [1.165, 1.54) is 19.2 Å². The Morgan fingerprint density at radius 2 is 2.09 bits per heavy atom. The summed E-state index contributed by atoms with van der Waals surface area (Å²) in [5, 5.41) is 19.0. The number of alkyl halides is 1. The molecule has 1 atom stereocenters. The van der Waals surface area contributed by atoms with Crippen LogP contribution in [-0.2, 0) is 0 Å². The molecule has 1 fully saturated rings. The number of nitrogens with zero attached hydrogens (tertiary/aromatic N) is 3. The number of nitriles is 1. The highest BCUT2D eigenvalue weighted by atomic mass is 19.1. The molecule has 0 aliphatic carbocycles. The van der Waals surface area contributed by atoms with Gasteiger partial charge in [0.2, 0.25) is 0 Å². The standard InChI is InChI=1S/C26H20FN3O4/c1-33-23-11-16(26(31)32)2-4-20(23)24-12-21-25(34-24)19(6-8-29-21)15-3-5-22(17(10-15)13-28)30-9-7-18(27)14-30/h2-6,8,10-12,18H,7,9,14H2,1H3,(H,31,32)/t18-/m0/s1. The molecule has 2 aromatic carbocycles. The van der Waals surface area contributed by atoms with Crippen molar-refractivity contribution in [2.45, 2.75) is 12.6 Å². The van der Waals surface area contributed by atoms with Gasteiger partial charge in [-0.1, -0.05) is 6.07 Å². The zero-order chi connectivity index (χ0) is 23.8. The zero-order valence-electron chi connectivity index (χ0n) is 18.3. The number of benzene rings is 2. The van der Waals surface area contributed by atoms with Crippen LogP contribution in [0.15, 0.2) is 59.1 Å². The lowest BCUT2D eigenvalue weighted by atomic mass is 10.0. The summed E-state index contributed by atoms with van der Waals surface area (Å²) in [5.41, 5.74) is 4.57. The van der Waals surface area contributed by atoms with E-state index >= 15 is 0 Å². The first kappa shape index (κ1) is 21.5. The normalized spacial score (nSPS) is 15.4. The Hall–Kier alpha value is -4.38. The molecular weight excluding hydrogens is 437 g/mol. The monoisotopic (exact) mass is 457 g/mol. The predicted octanol–water partition coefficient (Wildman–Crippen LogP) is 5.29. The number of carbonyl (C=O) groups is 1. The predicted molar refractivity (Wildman–Crippen MR) is 125 cm³/mol. The third-order valence-corrected chi connectivity index (χ3v) is 6.03. The fourth-order valence-electron chi connectivity index (χ4n) is 4.33. The van der Waals surface area contributed by atoms with Crippen LogP contribution >= 0.6 is 0 Å². The van der Waals surface area contributed by atoms with Gasteiger partial charge >= 0.3 is 5.97 Å². The summed E-state index contributed by atoms with van der Waals surface area (Å²) in [7, 11) is 1.47. The van der Waals surface area contributed by atoms with E-state index < -0.39 is 12.1 Å². The Labute approximate surface area is 194 Å². The molecule has 8 heteroatoms. The van der Waals surface area contributed by atoms with Gasteiger partial charge in [0.25, 0.3) is 0 Å². The van der Waals surface area contributed by atoms with Gasteiger partial charge in [-0.2, -0.15) is 5.26 Å². The number of hydrogen-bond donors (Lipinski definition) is 1. The van der Waals surface area contributed by atoms with Crippen molar-refractivity contribution in [2.75, 3.05) is 25.1 Å². The van der Waals surface area contributed by atoms with Gasteiger partial charge in [0.15, 0.2) is 5.58 Å². The highest BCUT2D eigenvalue weighted by Gasteiger charge is 2.24. The van der Waals surface area contributed by atoms with Crippen molar-refractivity contribution in [3.8, 4) is 34.3 Å². The fourth-order valence-corrected chi connectivity index (χ4v) is 4.33. The number of hydrogen-bond acceptors (Lipinski definition) is 6. The fraction of sp³-hybridized carbons (Fsp3) is 0.192. The van der Waals surface area contributed by atoms with E-state index in [4.69, 9.17) is 9.15 Å². The van der Waals surface area contributed by atoms with Crippen LogP contribution in [0.5, 0.6) is 5.75 Å². The maximum atomic E-state index is 13.7. The van der Waals surface area contributed by atoms with Crippen LogP contribution in [0.2, 0.25) is 0 Å². The highest BCUT2D eigenvalue weighted by Crippen LogP contribution is 2.38. The zero-order valence-corrected chi connectivity index (χ0v) is 18.3. The number of halogens is 1.